The van der Waals surface area contributed by atoms with Crippen molar-refractivity contribution in [1.82, 2.24) is 0 Å². The SMILES string of the molecule is CCOc1ccc(Cl)c(/C(O)=C2\C(=O)C(=O)N(c3ccc(F)cc3)C2c2cccc(C)c2)c1. The van der Waals surface area contributed by atoms with Gasteiger partial charge in [-0.15, -0.1) is 0 Å². The molecule has 1 aliphatic rings. The Bertz CT molecular complexity index is 1270. The van der Waals surface area contributed by atoms with Crippen LogP contribution < -0.4 is 9.64 Å². The number of Topliss-reactive ketones (excluding diaryl/α,β-unsaturated/α-hetero) is 1. The Kier molecular flexibility index (Phi) is 6.20. The minimum absolute atomic E-state index is 0.106. The molecule has 1 atom stereocenters. The zero-order valence-electron chi connectivity index (χ0n) is 18.0. The van der Waals surface area contributed by atoms with E-state index in [0.29, 0.717) is 23.6 Å². The van der Waals surface area contributed by atoms with E-state index in [-0.39, 0.29) is 16.2 Å². The number of carbonyl (C=O) groups is 2. The summed E-state index contributed by atoms with van der Waals surface area (Å²) in [5, 5.41) is 11.5. The summed E-state index contributed by atoms with van der Waals surface area (Å²) in [5.41, 5.74) is 1.94. The molecule has 1 saturated heterocycles. The van der Waals surface area contributed by atoms with Crippen LogP contribution in [0.5, 0.6) is 5.75 Å². The van der Waals surface area contributed by atoms with E-state index in [9.17, 15) is 19.1 Å². The first-order valence-electron chi connectivity index (χ1n) is 10.4. The number of benzene rings is 3. The number of aliphatic hydroxyl groups excluding tert-OH is 1. The van der Waals surface area contributed by atoms with Gasteiger partial charge < -0.3 is 9.84 Å². The number of amides is 1. The molecule has 3 aromatic carbocycles. The molecule has 1 fully saturated rings. The molecule has 0 aromatic heterocycles. The fourth-order valence-electron chi connectivity index (χ4n) is 3.94. The number of hydrogen-bond acceptors (Lipinski definition) is 4. The minimum atomic E-state index is -0.929. The van der Waals surface area contributed by atoms with Crippen LogP contribution in [0.15, 0.2) is 72.3 Å². The summed E-state index contributed by atoms with van der Waals surface area (Å²) < 4.78 is 19.0. The van der Waals surface area contributed by atoms with Crippen LogP contribution in [0.2, 0.25) is 5.02 Å². The van der Waals surface area contributed by atoms with E-state index in [1.165, 1.54) is 35.2 Å². The lowest BCUT2D eigenvalue weighted by Gasteiger charge is -2.25. The topological polar surface area (TPSA) is 66.8 Å². The van der Waals surface area contributed by atoms with Gasteiger partial charge in [-0.1, -0.05) is 41.4 Å². The molecule has 33 heavy (non-hydrogen) atoms. The van der Waals surface area contributed by atoms with Gasteiger partial charge >= 0.3 is 0 Å². The van der Waals surface area contributed by atoms with Crippen molar-refractivity contribution in [3.63, 3.8) is 0 Å². The Morgan fingerprint density at radius 3 is 2.48 bits per heavy atom. The van der Waals surface area contributed by atoms with E-state index in [1.54, 1.807) is 24.3 Å². The molecule has 0 spiro atoms. The molecule has 4 rings (SSSR count). The predicted molar refractivity (Wildman–Crippen MR) is 125 cm³/mol. The van der Waals surface area contributed by atoms with Crippen molar-refractivity contribution in [3.05, 3.63) is 99.8 Å². The number of aliphatic hydroxyl groups is 1. The third-order valence-electron chi connectivity index (χ3n) is 5.41. The summed E-state index contributed by atoms with van der Waals surface area (Å²) in [7, 11) is 0. The molecule has 0 saturated carbocycles. The highest BCUT2D eigenvalue weighted by atomic mass is 35.5. The Morgan fingerprint density at radius 1 is 1.09 bits per heavy atom. The van der Waals surface area contributed by atoms with Gasteiger partial charge in [-0.25, -0.2) is 4.39 Å². The van der Waals surface area contributed by atoms with Gasteiger partial charge in [0.2, 0.25) is 0 Å². The quantitative estimate of drug-likeness (QED) is 0.293. The zero-order chi connectivity index (χ0) is 23.7. The lowest BCUT2D eigenvalue weighted by molar-refractivity contribution is -0.132. The van der Waals surface area contributed by atoms with Crippen LogP contribution in [-0.4, -0.2) is 23.4 Å². The largest absolute Gasteiger partial charge is 0.507 e. The van der Waals surface area contributed by atoms with Crippen molar-refractivity contribution >= 4 is 34.7 Å². The third kappa shape index (κ3) is 4.22. The van der Waals surface area contributed by atoms with Crippen LogP contribution >= 0.6 is 11.6 Å². The van der Waals surface area contributed by atoms with Gasteiger partial charge in [0.1, 0.15) is 17.3 Å². The maximum Gasteiger partial charge on any atom is 0.300 e. The first-order valence-corrected chi connectivity index (χ1v) is 10.8. The van der Waals surface area contributed by atoms with Gasteiger partial charge in [-0.3, -0.25) is 14.5 Å². The molecule has 1 unspecified atom stereocenters. The highest BCUT2D eigenvalue weighted by molar-refractivity contribution is 6.52. The highest BCUT2D eigenvalue weighted by Gasteiger charge is 2.47. The van der Waals surface area contributed by atoms with Crippen LogP contribution in [0, 0.1) is 12.7 Å². The lowest BCUT2D eigenvalue weighted by Crippen LogP contribution is -2.29. The van der Waals surface area contributed by atoms with E-state index in [0.717, 1.165) is 5.56 Å². The van der Waals surface area contributed by atoms with Crippen molar-refractivity contribution in [2.75, 3.05) is 11.5 Å². The van der Waals surface area contributed by atoms with Crippen molar-refractivity contribution in [3.8, 4) is 5.75 Å². The fraction of sp³-hybridized carbons (Fsp3) is 0.154. The van der Waals surface area contributed by atoms with E-state index in [2.05, 4.69) is 0 Å². The number of ketones is 1. The van der Waals surface area contributed by atoms with Crippen LogP contribution in [0.25, 0.3) is 5.76 Å². The summed E-state index contributed by atoms with van der Waals surface area (Å²) in [6.45, 7) is 4.11. The van der Waals surface area contributed by atoms with Crippen LogP contribution in [0.1, 0.15) is 29.7 Å². The zero-order valence-corrected chi connectivity index (χ0v) is 18.8. The molecule has 1 N–H and O–H groups in total. The molecule has 7 heteroatoms. The first kappa shape index (κ1) is 22.6. The maximum atomic E-state index is 13.5. The average Bonchev–Trinajstić information content (AvgIpc) is 3.06. The Hall–Kier alpha value is -3.64. The normalized spacial score (nSPS) is 17.5. The number of carbonyl (C=O) groups excluding carboxylic acids is 2. The van der Waals surface area contributed by atoms with Crippen molar-refractivity contribution < 1.29 is 23.8 Å². The average molecular weight is 466 g/mol. The molecular weight excluding hydrogens is 445 g/mol. The number of rotatable bonds is 5. The number of aryl methyl sites for hydroxylation is 1. The molecule has 0 aliphatic carbocycles. The maximum absolute atomic E-state index is 13.5. The molecule has 1 heterocycles. The van der Waals surface area contributed by atoms with E-state index < -0.39 is 29.3 Å². The van der Waals surface area contributed by atoms with Gasteiger partial charge in [-0.05, 0) is 61.9 Å². The second-order valence-corrected chi connectivity index (χ2v) is 8.04. The van der Waals surface area contributed by atoms with Gasteiger partial charge in [-0.2, -0.15) is 0 Å². The van der Waals surface area contributed by atoms with Crippen molar-refractivity contribution in [2.24, 2.45) is 0 Å². The summed E-state index contributed by atoms with van der Waals surface area (Å²) in [4.78, 5) is 27.6. The molecule has 5 nitrogen and oxygen atoms in total. The van der Waals surface area contributed by atoms with Crippen molar-refractivity contribution in [1.29, 1.82) is 0 Å². The van der Waals surface area contributed by atoms with Crippen LogP contribution in [0.3, 0.4) is 0 Å². The van der Waals surface area contributed by atoms with Gasteiger partial charge in [0.15, 0.2) is 0 Å². The van der Waals surface area contributed by atoms with E-state index >= 15 is 0 Å². The Morgan fingerprint density at radius 2 is 1.82 bits per heavy atom. The van der Waals surface area contributed by atoms with E-state index in [4.69, 9.17) is 16.3 Å². The number of anilines is 1. The molecule has 3 aromatic rings. The highest BCUT2D eigenvalue weighted by Crippen LogP contribution is 2.43. The number of nitrogens with zero attached hydrogens (tertiary/aromatic N) is 1. The molecule has 1 amide bonds. The van der Waals surface area contributed by atoms with Crippen LogP contribution in [-0.2, 0) is 9.59 Å². The van der Waals surface area contributed by atoms with Gasteiger partial charge in [0.05, 0.1) is 23.2 Å². The number of ether oxygens (including phenoxy) is 1. The summed E-state index contributed by atoms with van der Waals surface area (Å²) >= 11 is 6.34. The monoisotopic (exact) mass is 465 g/mol. The Labute approximate surface area is 195 Å². The summed E-state index contributed by atoms with van der Waals surface area (Å²) in [6, 6.07) is 16.4. The third-order valence-corrected chi connectivity index (χ3v) is 5.74. The predicted octanol–water partition coefficient (Wildman–Crippen LogP) is 5.81. The molecule has 1 aliphatic heterocycles. The first-order chi connectivity index (χ1) is 15.8. The molecular formula is C26H21ClFNO4. The fourth-order valence-corrected chi connectivity index (χ4v) is 4.15. The standard InChI is InChI=1S/C26H21ClFNO4/c1-3-33-19-11-12-21(27)20(14-19)24(30)22-23(16-6-4-5-15(2)13-16)29(26(32)25(22)31)18-9-7-17(28)8-10-18/h4-14,23,30H,3H2,1-2H3/b24-22+. The summed E-state index contributed by atoms with van der Waals surface area (Å²) in [5.74, 6) is -2.10. The van der Waals surface area contributed by atoms with Crippen LogP contribution in [0.4, 0.5) is 10.1 Å². The molecule has 0 radical (unpaired) electrons. The smallest absolute Gasteiger partial charge is 0.300 e. The van der Waals surface area contributed by atoms with Gasteiger partial charge in [0, 0.05) is 11.3 Å². The lowest BCUT2D eigenvalue weighted by atomic mass is 9.94. The second-order valence-electron chi connectivity index (χ2n) is 7.63. The van der Waals surface area contributed by atoms with Crippen molar-refractivity contribution in [2.45, 2.75) is 19.9 Å². The number of halogens is 2. The molecule has 0 bridgehead atoms. The minimum Gasteiger partial charge on any atom is -0.507 e. The Balaban J connectivity index is 1.96. The number of hydrogen-bond donors (Lipinski definition) is 1. The van der Waals surface area contributed by atoms with E-state index in [1.807, 2.05) is 26.0 Å². The summed E-state index contributed by atoms with van der Waals surface area (Å²) in [6.07, 6.45) is 0. The molecule has 168 valence electrons. The second kappa shape index (κ2) is 9.08. The van der Waals surface area contributed by atoms with Gasteiger partial charge in [0.25, 0.3) is 11.7 Å².